The Kier molecular flexibility index (Phi) is 4.63. The summed E-state index contributed by atoms with van der Waals surface area (Å²) in [5.41, 5.74) is 0.687. The van der Waals surface area contributed by atoms with Gasteiger partial charge in [0, 0.05) is 22.7 Å². The van der Waals surface area contributed by atoms with E-state index in [-0.39, 0.29) is 5.69 Å². The Morgan fingerprint density at radius 3 is 2.62 bits per heavy atom. The summed E-state index contributed by atoms with van der Waals surface area (Å²) in [6.45, 7) is 0. The predicted molar refractivity (Wildman–Crippen MR) is 77.6 cm³/mol. The van der Waals surface area contributed by atoms with E-state index < -0.39 is 10.9 Å². The number of rotatable bonds is 4. The third-order valence-corrected chi connectivity index (χ3v) is 2.75. The zero-order chi connectivity index (χ0) is 15.2. The largest absolute Gasteiger partial charge is 0.365 e. The van der Waals surface area contributed by atoms with Crippen molar-refractivity contribution in [2.45, 2.75) is 0 Å². The molecule has 21 heavy (non-hydrogen) atoms. The highest BCUT2D eigenvalue weighted by atomic mass is 35.5. The Labute approximate surface area is 124 Å². The fraction of sp³-hybridized carbons (Fsp3) is 0. The predicted octanol–water partition coefficient (Wildman–Crippen LogP) is 3.44. The first kappa shape index (κ1) is 14.7. The Hall–Kier alpha value is -2.73. The molecule has 0 saturated heterocycles. The quantitative estimate of drug-likeness (QED) is 0.375. The van der Waals surface area contributed by atoms with Crippen molar-refractivity contribution in [1.29, 1.82) is 0 Å². The van der Waals surface area contributed by atoms with Crippen molar-refractivity contribution >= 4 is 29.5 Å². The van der Waals surface area contributed by atoms with Crippen molar-refractivity contribution in [3.63, 3.8) is 0 Å². The van der Waals surface area contributed by atoms with Crippen LogP contribution in [0.3, 0.4) is 0 Å². The summed E-state index contributed by atoms with van der Waals surface area (Å²) in [6.07, 6.45) is 1.22. The molecular formula is C14H9ClN2O4. The number of halogens is 1. The number of non-ortho nitro benzene ring substituents is 1. The number of oxime groups is 1. The fourth-order valence-electron chi connectivity index (χ4n) is 1.49. The topological polar surface area (TPSA) is 81.8 Å². The molecule has 0 bridgehead atoms. The third-order valence-electron chi connectivity index (χ3n) is 2.50. The number of hydrogen-bond acceptors (Lipinski definition) is 5. The highest BCUT2D eigenvalue weighted by Crippen LogP contribution is 2.12. The molecule has 106 valence electrons. The van der Waals surface area contributed by atoms with Crippen LogP contribution in [0.15, 0.2) is 53.7 Å². The average Bonchev–Trinajstić information content (AvgIpc) is 2.48. The lowest BCUT2D eigenvalue weighted by atomic mass is 10.2. The first-order valence-corrected chi connectivity index (χ1v) is 6.19. The smallest absolute Gasteiger partial charge is 0.313 e. The number of benzene rings is 2. The van der Waals surface area contributed by atoms with Crippen molar-refractivity contribution in [1.82, 2.24) is 0 Å². The van der Waals surface area contributed by atoms with Crippen molar-refractivity contribution < 1.29 is 14.6 Å². The summed E-state index contributed by atoms with van der Waals surface area (Å²) in [6, 6.07) is 11.9. The maximum atomic E-state index is 11.6. The highest BCUT2D eigenvalue weighted by Gasteiger charge is 2.07. The van der Waals surface area contributed by atoms with E-state index in [0.29, 0.717) is 16.1 Å². The van der Waals surface area contributed by atoms with Gasteiger partial charge in [0.1, 0.15) is 0 Å². The van der Waals surface area contributed by atoms with Crippen LogP contribution < -0.4 is 0 Å². The Bertz CT molecular complexity index is 698. The molecule has 0 aliphatic rings. The van der Waals surface area contributed by atoms with Gasteiger partial charge in [-0.3, -0.25) is 10.1 Å². The molecule has 2 aromatic carbocycles. The maximum absolute atomic E-state index is 11.6. The van der Waals surface area contributed by atoms with Gasteiger partial charge in [0.15, 0.2) is 0 Å². The lowest BCUT2D eigenvalue weighted by Gasteiger charge is -1.98. The van der Waals surface area contributed by atoms with Crippen LogP contribution in [-0.2, 0) is 4.84 Å². The zero-order valence-electron chi connectivity index (χ0n) is 10.6. The molecule has 0 aliphatic heterocycles. The Morgan fingerprint density at radius 2 is 1.95 bits per heavy atom. The van der Waals surface area contributed by atoms with E-state index in [9.17, 15) is 14.9 Å². The summed E-state index contributed by atoms with van der Waals surface area (Å²) >= 11 is 5.70. The summed E-state index contributed by atoms with van der Waals surface area (Å²) in [5, 5.41) is 14.6. The van der Waals surface area contributed by atoms with Gasteiger partial charge in [-0.2, -0.15) is 0 Å². The van der Waals surface area contributed by atoms with Gasteiger partial charge < -0.3 is 4.84 Å². The molecule has 0 radical (unpaired) electrons. The van der Waals surface area contributed by atoms with Gasteiger partial charge in [-0.25, -0.2) is 4.79 Å². The molecule has 2 rings (SSSR count). The van der Waals surface area contributed by atoms with E-state index in [1.165, 1.54) is 36.5 Å². The lowest BCUT2D eigenvalue weighted by molar-refractivity contribution is -0.384. The van der Waals surface area contributed by atoms with E-state index >= 15 is 0 Å². The monoisotopic (exact) mass is 304 g/mol. The second kappa shape index (κ2) is 6.62. The van der Waals surface area contributed by atoms with Crippen LogP contribution in [0.2, 0.25) is 5.02 Å². The third kappa shape index (κ3) is 4.12. The number of nitro groups is 1. The van der Waals surface area contributed by atoms with Gasteiger partial charge in [-0.05, 0) is 24.3 Å². The standard InChI is InChI=1S/C14H9ClN2O4/c15-12-6-4-11(5-7-12)14(18)21-16-9-10-2-1-3-13(8-10)17(19)20/h1-9H/b16-9-. The number of hydrogen-bond donors (Lipinski definition) is 0. The van der Waals surface area contributed by atoms with Crippen LogP contribution in [0.25, 0.3) is 0 Å². The van der Waals surface area contributed by atoms with E-state index in [2.05, 4.69) is 9.99 Å². The van der Waals surface area contributed by atoms with Crippen LogP contribution in [0.4, 0.5) is 5.69 Å². The van der Waals surface area contributed by atoms with E-state index in [0.717, 1.165) is 0 Å². The van der Waals surface area contributed by atoms with Crippen molar-refractivity contribution in [3.05, 3.63) is 74.8 Å². The second-order valence-electron chi connectivity index (χ2n) is 3.97. The van der Waals surface area contributed by atoms with E-state index in [1.807, 2.05) is 0 Å². The van der Waals surface area contributed by atoms with Crippen molar-refractivity contribution in [2.24, 2.45) is 5.16 Å². The van der Waals surface area contributed by atoms with Crippen LogP contribution in [0.1, 0.15) is 15.9 Å². The molecule has 0 aromatic heterocycles. The second-order valence-corrected chi connectivity index (χ2v) is 4.41. The van der Waals surface area contributed by atoms with Crippen LogP contribution in [0, 0.1) is 10.1 Å². The first-order chi connectivity index (χ1) is 10.1. The SMILES string of the molecule is O=C(O/N=C\c1cccc([N+](=O)[O-])c1)c1ccc(Cl)cc1. The molecule has 0 saturated carbocycles. The van der Waals surface area contributed by atoms with Gasteiger partial charge in [0.25, 0.3) is 5.69 Å². The molecule has 6 nitrogen and oxygen atoms in total. The molecule has 0 heterocycles. The van der Waals surface area contributed by atoms with Gasteiger partial charge in [-0.15, -0.1) is 0 Å². The Balaban J connectivity index is 2.02. The summed E-state index contributed by atoms with van der Waals surface area (Å²) in [4.78, 5) is 26.4. The molecule has 0 unspecified atom stereocenters. The van der Waals surface area contributed by atoms with Crippen LogP contribution in [0.5, 0.6) is 0 Å². The number of carbonyl (C=O) groups is 1. The van der Waals surface area contributed by atoms with Crippen LogP contribution in [-0.4, -0.2) is 17.1 Å². The number of nitro benzene ring substituents is 1. The zero-order valence-corrected chi connectivity index (χ0v) is 11.4. The van der Waals surface area contributed by atoms with Gasteiger partial charge >= 0.3 is 5.97 Å². The summed E-state index contributed by atoms with van der Waals surface area (Å²) in [7, 11) is 0. The minimum Gasteiger partial charge on any atom is -0.313 e. The van der Waals surface area contributed by atoms with E-state index in [4.69, 9.17) is 11.6 Å². The van der Waals surface area contributed by atoms with Gasteiger partial charge in [0.2, 0.25) is 0 Å². The van der Waals surface area contributed by atoms with Crippen molar-refractivity contribution in [2.75, 3.05) is 0 Å². The molecule has 0 aliphatic carbocycles. The van der Waals surface area contributed by atoms with Gasteiger partial charge in [0.05, 0.1) is 16.7 Å². The lowest BCUT2D eigenvalue weighted by Crippen LogP contribution is -2.00. The fourth-order valence-corrected chi connectivity index (χ4v) is 1.62. The molecule has 0 N–H and O–H groups in total. The maximum Gasteiger partial charge on any atom is 0.365 e. The Morgan fingerprint density at radius 1 is 1.24 bits per heavy atom. The molecule has 2 aromatic rings. The first-order valence-electron chi connectivity index (χ1n) is 5.81. The van der Waals surface area contributed by atoms with Crippen LogP contribution >= 0.6 is 11.6 Å². The minimum atomic E-state index is -0.645. The number of nitrogens with zero attached hydrogens (tertiary/aromatic N) is 2. The number of carbonyl (C=O) groups excluding carboxylic acids is 1. The average molecular weight is 305 g/mol. The molecule has 0 amide bonds. The molecule has 7 heteroatoms. The molecule has 0 spiro atoms. The molecule has 0 fully saturated rings. The molecular weight excluding hydrogens is 296 g/mol. The minimum absolute atomic E-state index is 0.0667. The summed E-state index contributed by atoms with van der Waals surface area (Å²) in [5.74, 6) is -0.645. The normalized spacial score (nSPS) is 10.5. The molecule has 0 atom stereocenters. The van der Waals surface area contributed by atoms with E-state index in [1.54, 1.807) is 18.2 Å². The van der Waals surface area contributed by atoms with Crippen molar-refractivity contribution in [3.8, 4) is 0 Å². The highest BCUT2D eigenvalue weighted by molar-refractivity contribution is 6.30. The van der Waals surface area contributed by atoms with Gasteiger partial charge in [-0.1, -0.05) is 28.9 Å². The summed E-state index contributed by atoms with van der Waals surface area (Å²) < 4.78 is 0.